The van der Waals surface area contributed by atoms with E-state index in [1.54, 1.807) is 13.8 Å². The van der Waals surface area contributed by atoms with Crippen molar-refractivity contribution in [3.8, 4) is 0 Å². The molecule has 4 aliphatic rings. The zero-order valence-corrected chi connectivity index (χ0v) is 13.0. The molecule has 0 spiro atoms. The average Bonchev–Trinajstić information content (AvgIpc) is 2.50. The first-order chi connectivity index (χ1) is 11.0. The summed E-state index contributed by atoms with van der Waals surface area (Å²) in [6.07, 6.45) is 2.72. The number of hydrogen-bond donors (Lipinski definition) is 0. The van der Waals surface area contributed by atoms with Gasteiger partial charge in [0.25, 0.3) is 0 Å². The molecule has 7 nitrogen and oxygen atoms in total. The van der Waals surface area contributed by atoms with Gasteiger partial charge in [0, 0.05) is 0 Å². The van der Waals surface area contributed by atoms with Crippen molar-refractivity contribution in [1.29, 1.82) is 0 Å². The van der Waals surface area contributed by atoms with Gasteiger partial charge in [-0.2, -0.15) is 0 Å². The van der Waals surface area contributed by atoms with Crippen molar-refractivity contribution in [2.45, 2.75) is 25.0 Å². The number of carbonyl (C=O) groups is 2. The van der Waals surface area contributed by atoms with Gasteiger partial charge in [-0.25, -0.2) is 9.59 Å². The van der Waals surface area contributed by atoms with Crippen molar-refractivity contribution in [2.24, 2.45) is 11.8 Å². The number of hydrogen-bond acceptors (Lipinski definition) is 7. The molecule has 4 rings (SSSR count). The van der Waals surface area contributed by atoms with Crippen molar-refractivity contribution in [1.82, 2.24) is 0 Å². The molecule has 1 aliphatic carbocycles. The Balaban J connectivity index is 1.81. The molecule has 3 aliphatic heterocycles. The van der Waals surface area contributed by atoms with Gasteiger partial charge < -0.3 is 23.7 Å². The Bertz CT molecular complexity index is 582. The van der Waals surface area contributed by atoms with Crippen LogP contribution in [0.4, 0.5) is 0 Å². The van der Waals surface area contributed by atoms with Crippen LogP contribution in [0.15, 0.2) is 23.7 Å². The first-order valence-electron chi connectivity index (χ1n) is 7.68. The third-order valence-corrected chi connectivity index (χ3v) is 5.26. The molecule has 1 saturated heterocycles. The summed E-state index contributed by atoms with van der Waals surface area (Å²) in [7, 11) is 0. The molecule has 0 bridgehead atoms. The fourth-order valence-electron chi connectivity index (χ4n) is 4.05. The summed E-state index contributed by atoms with van der Waals surface area (Å²) < 4.78 is 28.0. The molecule has 4 atom stereocenters. The van der Waals surface area contributed by atoms with Crippen LogP contribution in [0.1, 0.15) is 13.8 Å². The van der Waals surface area contributed by atoms with Crippen LogP contribution in [0, 0.1) is 11.8 Å². The van der Waals surface area contributed by atoms with Crippen molar-refractivity contribution >= 4 is 11.9 Å². The second kappa shape index (κ2) is 4.74. The number of ether oxygens (including phenoxy) is 5. The van der Waals surface area contributed by atoms with E-state index in [9.17, 15) is 9.59 Å². The van der Waals surface area contributed by atoms with E-state index in [1.807, 2.05) is 0 Å². The van der Waals surface area contributed by atoms with Crippen LogP contribution in [0.5, 0.6) is 0 Å². The summed E-state index contributed by atoms with van der Waals surface area (Å²) in [5.41, 5.74) is -1.96. The molecular formula is C16H18O7. The minimum Gasteiger partial charge on any atom is -0.495 e. The Labute approximate surface area is 133 Å². The molecule has 7 heteroatoms. The van der Waals surface area contributed by atoms with E-state index in [0.717, 1.165) is 0 Å². The van der Waals surface area contributed by atoms with Gasteiger partial charge in [0.1, 0.15) is 24.7 Å². The van der Waals surface area contributed by atoms with Crippen LogP contribution in [0.2, 0.25) is 0 Å². The lowest BCUT2D eigenvalue weighted by molar-refractivity contribution is -0.301. The number of rotatable bonds is 0. The maximum Gasteiger partial charge on any atom is 0.334 e. The maximum absolute atomic E-state index is 12.0. The summed E-state index contributed by atoms with van der Waals surface area (Å²) in [5, 5.41) is 0. The highest BCUT2D eigenvalue weighted by Gasteiger charge is 2.77. The first kappa shape index (κ1) is 14.6. The van der Waals surface area contributed by atoms with Crippen LogP contribution in [0.25, 0.3) is 0 Å². The summed E-state index contributed by atoms with van der Waals surface area (Å²) in [5.74, 6) is -0.428. The largest absolute Gasteiger partial charge is 0.495 e. The van der Waals surface area contributed by atoms with E-state index >= 15 is 0 Å². The zero-order chi connectivity index (χ0) is 16.2. The monoisotopic (exact) mass is 322 g/mol. The minimum atomic E-state index is -0.980. The van der Waals surface area contributed by atoms with Crippen LogP contribution >= 0.6 is 0 Å². The van der Waals surface area contributed by atoms with Gasteiger partial charge in [0.2, 0.25) is 0 Å². The van der Waals surface area contributed by atoms with Gasteiger partial charge in [-0.15, -0.1) is 0 Å². The van der Waals surface area contributed by atoms with Crippen LogP contribution in [-0.4, -0.2) is 49.6 Å². The standard InChI is InChI=1S/C16H18O7/c1-15-13-9(7-11(17)22-15)20-5-3-19-4-6-21-10-8-12(18)23-16(15,2)14(10)13/h7-8,13-14H,3-6H2,1-2H3/t13-,14+,15+,16-. The fraction of sp³-hybridized carbons (Fsp3) is 0.625. The third-order valence-electron chi connectivity index (χ3n) is 5.26. The Hall–Kier alpha value is -2.02. The topological polar surface area (TPSA) is 80.3 Å². The number of esters is 2. The van der Waals surface area contributed by atoms with Gasteiger partial charge in [-0.3, -0.25) is 0 Å². The van der Waals surface area contributed by atoms with E-state index < -0.39 is 23.1 Å². The second-order valence-corrected chi connectivity index (χ2v) is 6.41. The van der Waals surface area contributed by atoms with Gasteiger partial charge in [0.05, 0.1) is 37.2 Å². The molecule has 124 valence electrons. The molecule has 0 radical (unpaired) electrons. The number of carbonyl (C=O) groups excluding carboxylic acids is 2. The molecule has 1 saturated carbocycles. The van der Waals surface area contributed by atoms with Gasteiger partial charge >= 0.3 is 11.9 Å². The molecule has 0 unspecified atom stereocenters. The smallest absolute Gasteiger partial charge is 0.334 e. The van der Waals surface area contributed by atoms with Crippen LogP contribution < -0.4 is 0 Å². The quantitative estimate of drug-likeness (QED) is 0.607. The third kappa shape index (κ3) is 1.86. The predicted molar refractivity (Wildman–Crippen MR) is 74.9 cm³/mol. The lowest BCUT2D eigenvalue weighted by Crippen LogP contribution is -2.78. The summed E-state index contributed by atoms with van der Waals surface area (Å²) in [6, 6.07) is 0. The molecule has 0 aromatic carbocycles. The molecule has 0 amide bonds. The van der Waals surface area contributed by atoms with Crippen molar-refractivity contribution < 1.29 is 33.3 Å². The highest BCUT2D eigenvalue weighted by Crippen LogP contribution is 2.64. The van der Waals surface area contributed by atoms with Gasteiger partial charge in [-0.1, -0.05) is 0 Å². The first-order valence-corrected chi connectivity index (χ1v) is 7.68. The lowest BCUT2D eigenvalue weighted by Gasteiger charge is -2.65. The van der Waals surface area contributed by atoms with Crippen molar-refractivity contribution in [3.63, 3.8) is 0 Å². The van der Waals surface area contributed by atoms with E-state index in [2.05, 4.69) is 0 Å². The normalized spacial score (nSPS) is 42.2. The van der Waals surface area contributed by atoms with E-state index in [4.69, 9.17) is 23.7 Å². The molecule has 0 aromatic heterocycles. The summed E-state index contributed by atoms with van der Waals surface area (Å²) >= 11 is 0. The average molecular weight is 322 g/mol. The second-order valence-electron chi connectivity index (χ2n) is 6.41. The predicted octanol–water partition coefficient (Wildman–Crippen LogP) is 0.695. The molecule has 3 heterocycles. The molecule has 0 aromatic rings. The lowest BCUT2D eigenvalue weighted by atomic mass is 9.48. The number of fused-ring (bicyclic) bond motifs is 1. The Morgan fingerprint density at radius 3 is 1.70 bits per heavy atom. The Morgan fingerprint density at radius 1 is 0.826 bits per heavy atom. The molecular weight excluding hydrogens is 304 g/mol. The van der Waals surface area contributed by atoms with Crippen molar-refractivity contribution in [3.05, 3.63) is 23.7 Å². The van der Waals surface area contributed by atoms with Gasteiger partial charge in [-0.05, 0) is 13.8 Å². The van der Waals surface area contributed by atoms with Crippen LogP contribution in [0.3, 0.4) is 0 Å². The Morgan fingerprint density at radius 2 is 1.26 bits per heavy atom. The van der Waals surface area contributed by atoms with E-state index in [0.29, 0.717) is 37.9 Å². The fourth-order valence-corrected chi connectivity index (χ4v) is 4.05. The van der Waals surface area contributed by atoms with E-state index in [-0.39, 0.29) is 11.8 Å². The van der Waals surface area contributed by atoms with Gasteiger partial charge in [0.15, 0.2) is 11.2 Å². The maximum atomic E-state index is 12.0. The highest BCUT2D eigenvalue weighted by molar-refractivity contribution is 5.87. The summed E-state index contributed by atoms with van der Waals surface area (Å²) in [4.78, 5) is 23.9. The zero-order valence-electron chi connectivity index (χ0n) is 13.0. The SMILES string of the molecule is C[C@@]12OC(=O)C=C3OCCOCCOC4=CC(=O)O[C@]1(C)[C@@H]4[C@@H]32. The minimum absolute atomic E-state index is 0.248. The molecule has 0 N–H and O–H groups in total. The van der Waals surface area contributed by atoms with Crippen molar-refractivity contribution in [2.75, 3.05) is 26.4 Å². The highest BCUT2D eigenvalue weighted by atomic mass is 16.6. The molecule has 23 heavy (non-hydrogen) atoms. The summed E-state index contributed by atoms with van der Waals surface area (Å²) in [6.45, 7) is 5.02. The van der Waals surface area contributed by atoms with E-state index in [1.165, 1.54) is 12.2 Å². The Kier molecular flexibility index (Phi) is 3.00. The van der Waals surface area contributed by atoms with Crippen LogP contribution in [-0.2, 0) is 33.3 Å². The molecule has 2 fully saturated rings.